The van der Waals surface area contributed by atoms with E-state index in [9.17, 15) is 19.4 Å². The predicted molar refractivity (Wildman–Crippen MR) is 89.8 cm³/mol. The van der Waals surface area contributed by atoms with E-state index in [4.69, 9.17) is 18.9 Å². The molecule has 10 nitrogen and oxygen atoms in total. The molecule has 11 heteroatoms. The molecular weight excluding hydrogens is 377 g/mol. The van der Waals surface area contributed by atoms with Crippen LogP contribution in [0.2, 0.25) is 0 Å². The van der Waals surface area contributed by atoms with Gasteiger partial charge in [-0.05, 0) is 0 Å². The molecule has 2 aromatic heterocycles. The molecule has 1 aliphatic heterocycles. The van der Waals surface area contributed by atoms with Crippen molar-refractivity contribution in [1.29, 1.82) is 0 Å². The molecule has 0 aromatic carbocycles. The summed E-state index contributed by atoms with van der Waals surface area (Å²) >= 11 is 0. The van der Waals surface area contributed by atoms with Crippen molar-refractivity contribution < 1.29 is 38.3 Å². The van der Waals surface area contributed by atoms with Gasteiger partial charge in [-0.2, -0.15) is 0 Å². The van der Waals surface area contributed by atoms with E-state index in [0.29, 0.717) is 0 Å². The molecule has 0 radical (unpaired) electrons. The maximum absolute atomic E-state index is 14.5. The van der Waals surface area contributed by atoms with Crippen molar-refractivity contribution in [2.24, 2.45) is 0 Å². The second-order valence-corrected chi connectivity index (χ2v) is 5.66. The van der Waals surface area contributed by atoms with Crippen molar-refractivity contribution in [2.75, 3.05) is 34.0 Å². The number of ether oxygens (including phenoxy) is 4. The topological polar surface area (TPSA) is 133 Å². The summed E-state index contributed by atoms with van der Waals surface area (Å²) in [4.78, 5) is 24.3. The quantitative estimate of drug-likeness (QED) is 0.668. The molecule has 0 saturated carbocycles. The normalized spacial score (nSPS) is 15.5. The number of pyridine rings is 1. The Labute approximate surface area is 158 Å². The smallest absolute Gasteiger partial charge is 0.358 e. The van der Waals surface area contributed by atoms with Gasteiger partial charge in [-0.3, -0.25) is 0 Å². The number of halogens is 1. The number of rotatable bonds is 6. The largest absolute Gasteiger partial charge is 0.481 e. The highest BCUT2D eigenvalue weighted by molar-refractivity contribution is 5.89. The van der Waals surface area contributed by atoms with Crippen LogP contribution in [0.5, 0.6) is 5.88 Å². The molecule has 3 rings (SSSR count). The van der Waals surface area contributed by atoms with Crippen molar-refractivity contribution in [3.8, 4) is 17.1 Å². The van der Waals surface area contributed by atoms with E-state index >= 15 is 0 Å². The third kappa shape index (κ3) is 3.78. The minimum atomic E-state index is -1.54. The Morgan fingerprint density at radius 3 is 2.68 bits per heavy atom. The molecule has 1 atom stereocenters. The van der Waals surface area contributed by atoms with Gasteiger partial charge in [0.1, 0.15) is 11.8 Å². The van der Waals surface area contributed by atoms with E-state index in [1.807, 2.05) is 0 Å². The van der Waals surface area contributed by atoms with Gasteiger partial charge in [0.05, 0.1) is 51.6 Å². The van der Waals surface area contributed by atoms with Gasteiger partial charge in [0.2, 0.25) is 12.2 Å². The van der Waals surface area contributed by atoms with E-state index in [2.05, 4.69) is 15.0 Å². The van der Waals surface area contributed by atoms with Crippen LogP contribution in [0.1, 0.15) is 34.3 Å². The highest BCUT2D eigenvalue weighted by Gasteiger charge is 2.32. The number of carbonyl (C=O) groups is 1. The van der Waals surface area contributed by atoms with Crippen molar-refractivity contribution >= 4 is 5.97 Å². The zero-order valence-electron chi connectivity index (χ0n) is 15.1. The van der Waals surface area contributed by atoms with Crippen LogP contribution >= 0.6 is 0 Å². The average Bonchev–Trinajstić information content (AvgIpc) is 3.26. The number of hydrogen-bond acceptors (Lipinski definition) is 10. The molecule has 2 aromatic rings. The highest BCUT2D eigenvalue weighted by atomic mass is 19.1. The molecule has 0 amide bonds. The van der Waals surface area contributed by atoms with Gasteiger partial charge in [0.15, 0.2) is 11.5 Å². The molecular formula is C17H18FN3O7. The van der Waals surface area contributed by atoms with E-state index in [1.165, 1.54) is 13.2 Å². The first-order chi connectivity index (χ1) is 13.5. The molecule has 0 spiro atoms. The van der Waals surface area contributed by atoms with Crippen LogP contribution in [-0.2, 0) is 14.2 Å². The van der Waals surface area contributed by atoms with Crippen molar-refractivity contribution in [2.45, 2.75) is 12.4 Å². The molecule has 1 fully saturated rings. The van der Waals surface area contributed by atoms with Gasteiger partial charge in [-0.1, -0.05) is 0 Å². The van der Waals surface area contributed by atoms with Gasteiger partial charge < -0.3 is 29.2 Å². The zero-order valence-corrected chi connectivity index (χ0v) is 15.1. The number of aromatic nitrogens is 3. The van der Waals surface area contributed by atoms with Gasteiger partial charge in [0, 0.05) is 11.6 Å². The fraction of sp³-hybridized carbons (Fsp3) is 0.412. The summed E-state index contributed by atoms with van der Waals surface area (Å²) in [7, 11) is 2.50. The number of aliphatic hydroxyl groups excluding tert-OH is 2. The number of methoxy groups -OCH3 is 2. The second-order valence-electron chi connectivity index (χ2n) is 5.66. The SMILES string of the molecule is COC(=O)c1nc(C(O)CO)c(-c2cc(OC)ncc2F)nc1C1OCCO1. The summed E-state index contributed by atoms with van der Waals surface area (Å²) in [6, 6.07) is 1.25. The average molecular weight is 395 g/mol. The van der Waals surface area contributed by atoms with Crippen molar-refractivity contribution in [3.05, 3.63) is 35.2 Å². The molecule has 3 heterocycles. The first-order valence-electron chi connectivity index (χ1n) is 8.22. The van der Waals surface area contributed by atoms with Crippen LogP contribution in [0.4, 0.5) is 4.39 Å². The van der Waals surface area contributed by atoms with E-state index in [1.54, 1.807) is 0 Å². The first kappa shape index (κ1) is 20.0. The fourth-order valence-corrected chi connectivity index (χ4v) is 2.62. The van der Waals surface area contributed by atoms with Crippen LogP contribution in [0.15, 0.2) is 12.3 Å². The Morgan fingerprint density at radius 2 is 2.07 bits per heavy atom. The molecule has 28 heavy (non-hydrogen) atoms. The molecule has 1 aliphatic rings. The number of esters is 1. The van der Waals surface area contributed by atoms with Crippen molar-refractivity contribution in [3.63, 3.8) is 0 Å². The maximum Gasteiger partial charge on any atom is 0.358 e. The van der Waals surface area contributed by atoms with Gasteiger partial charge in [0.25, 0.3) is 0 Å². The lowest BCUT2D eigenvalue weighted by Crippen LogP contribution is -2.20. The summed E-state index contributed by atoms with van der Waals surface area (Å²) in [5.41, 5.74) is -0.763. The van der Waals surface area contributed by atoms with Crippen LogP contribution < -0.4 is 4.74 Å². The number of aliphatic hydroxyl groups is 2. The molecule has 1 unspecified atom stereocenters. The van der Waals surface area contributed by atoms with Crippen LogP contribution in [0.25, 0.3) is 11.3 Å². The Balaban J connectivity index is 2.27. The lowest BCUT2D eigenvalue weighted by atomic mass is 10.1. The standard InChI is InChI=1S/C17H18FN3O7/c1-25-11-5-8(9(18)6-19-11)12-13(10(23)7-22)21-14(16(24)26-2)15(20-12)17-27-3-4-28-17/h5-6,10,17,22-23H,3-4,7H2,1-2H3. The van der Waals surface area contributed by atoms with E-state index in [0.717, 1.165) is 13.3 Å². The Bertz CT molecular complexity index is 874. The lowest BCUT2D eigenvalue weighted by Gasteiger charge is -2.18. The summed E-state index contributed by atoms with van der Waals surface area (Å²) in [5, 5.41) is 19.6. The molecule has 150 valence electrons. The van der Waals surface area contributed by atoms with Gasteiger partial charge >= 0.3 is 5.97 Å². The fourth-order valence-electron chi connectivity index (χ4n) is 2.62. The maximum atomic E-state index is 14.5. The predicted octanol–water partition coefficient (Wildman–Crippen LogP) is 0.544. The van der Waals surface area contributed by atoms with E-state index in [-0.39, 0.29) is 47.4 Å². The number of nitrogens with zero attached hydrogens (tertiary/aromatic N) is 3. The minimum absolute atomic E-state index is 0.0385. The highest BCUT2D eigenvalue weighted by Crippen LogP contribution is 2.33. The van der Waals surface area contributed by atoms with Crippen LogP contribution in [0, 0.1) is 5.82 Å². The number of carbonyl (C=O) groups excluding carboxylic acids is 1. The van der Waals surface area contributed by atoms with Gasteiger partial charge in [-0.15, -0.1) is 0 Å². The third-order valence-corrected chi connectivity index (χ3v) is 3.96. The monoisotopic (exact) mass is 395 g/mol. The number of hydrogen-bond donors (Lipinski definition) is 2. The van der Waals surface area contributed by atoms with Crippen LogP contribution in [0.3, 0.4) is 0 Å². The lowest BCUT2D eigenvalue weighted by molar-refractivity contribution is -0.0484. The molecule has 2 N–H and O–H groups in total. The zero-order chi connectivity index (χ0) is 20.3. The summed E-state index contributed by atoms with van der Waals surface area (Å²) in [6.07, 6.45) is -1.64. The summed E-state index contributed by atoms with van der Waals surface area (Å²) in [6.45, 7) is -0.205. The first-order valence-corrected chi connectivity index (χ1v) is 8.22. The minimum Gasteiger partial charge on any atom is -0.481 e. The van der Waals surface area contributed by atoms with Gasteiger partial charge in [-0.25, -0.2) is 24.1 Å². The molecule has 1 saturated heterocycles. The third-order valence-electron chi connectivity index (χ3n) is 3.96. The van der Waals surface area contributed by atoms with Crippen molar-refractivity contribution in [1.82, 2.24) is 15.0 Å². The van der Waals surface area contributed by atoms with Crippen LogP contribution in [-0.4, -0.2) is 65.2 Å². The second kappa shape index (κ2) is 8.52. The molecule has 0 bridgehead atoms. The Kier molecular flexibility index (Phi) is 6.09. The Morgan fingerprint density at radius 1 is 1.36 bits per heavy atom. The Hall–Kier alpha value is -2.73. The summed E-state index contributed by atoms with van der Waals surface area (Å²) < 4.78 is 35.0. The molecule has 0 aliphatic carbocycles. The van der Waals surface area contributed by atoms with E-state index < -0.39 is 30.8 Å². The summed E-state index contributed by atoms with van der Waals surface area (Å²) in [5.74, 6) is -1.53.